The van der Waals surface area contributed by atoms with Crippen molar-refractivity contribution in [3.05, 3.63) is 65.1 Å². The first-order chi connectivity index (χ1) is 11.5. The Hall–Kier alpha value is -2.79. The second-order valence-electron chi connectivity index (χ2n) is 5.20. The first-order valence-electron chi connectivity index (χ1n) is 7.07. The summed E-state index contributed by atoms with van der Waals surface area (Å²) >= 11 is 5.68. The standard InChI is InChI=1S/C18H13ClFNO3/c1-21-10-11(5-8-17(22)23)18-15(21)3-2-4-16(18)24-12-6-7-13(19)14(20)9-12/h2-10H,1H3,(H,22,23). The Morgan fingerprint density at radius 2 is 2.12 bits per heavy atom. The van der Waals surface area contributed by atoms with Crippen LogP contribution in [0.2, 0.25) is 5.02 Å². The monoisotopic (exact) mass is 345 g/mol. The van der Waals surface area contributed by atoms with Crippen LogP contribution in [0, 0.1) is 5.82 Å². The molecule has 0 atom stereocenters. The van der Waals surface area contributed by atoms with Crippen molar-refractivity contribution in [2.75, 3.05) is 0 Å². The molecule has 4 nitrogen and oxygen atoms in total. The molecule has 0 unspecified atom stereocenters. The molecule has 122 valence electrons. The van der Waals surface area contributed by atoms with Crippen molar-refractivity contribution in [3.63, 3.8) is 0 Å². The van der Waals surface area contributed by atoms with Crippen LogP contribution in [0.15, 0.2) is 48.7 Å². The number of aromatic nitrogens is 1. The fraction of sp³-hybridized carbons (Fsp3) is 0.0556. The Kier molecular flexibility index (Phi) is 4.27. The second kappa shape index (κ2) is 6.37. The molecule has 3 rings (SSSR count). The maximum absolute atomic E-state index is 13.6. The van der Waals surface area contributed by atoms with Crippen LogP contribution in [0.5, 0.6) is 11.5 Å². The summed E-state index contributed by atoms with van der Waals surface area (Å²) in [4.78, 5) is 10.8. The van der Waals surface area contributed by atoms with Crippen molar-refractivity contribution in [1.29, 1.82) is 0 Å². The third kappa shape index (κ3) is 3.12. The fourth-order valence-electron chi connectivity index (χ4n) is 2.49. The van der Waals surface area contributed by atoms with E-state index in [2.05, 4.69) is 0 Å². The summed E-state index contributed by atoms with van der Waals surface area (Å²) in [6.45, 7) is 0. The van der Waals surface area contributed by atoms with E-state index in [-0.39, 0.29) is 5.02 Å². The van der Waals surface area contributed by atoms with Gasteiger partial charge in [-0.15, -0.1) is 0 Å². The summed E-state index contributed by atoms with van der Waals surface area (Å²) in [5.41, 5.74) is 1.56. The van der Waals surface area contributed by atoms with Crippen LogP contribution in [0.3, 0.4) is 0 Å². The van der Waals surface area contributed by atoms with Gasteiger partial charge in [0.1, 0.15) is 17.3 Å². The van der Waals surface area contributed by atoms with Crippen molar-refractivity contribution >= 4 is 34.5 Å². The number of benzene rings is 2. The molecular weight excluding hydrogens is 333 g/mol. The van der Waals surface area contributed by atoms with Gasteiger partial charge in [-0.1, -0.05) is 17.7 Å². The molecule has 0 bridgehead atoms. The number of hydrogen-bond acceptors (Lipinski definition) is 2. The molecule has 1 heterocycles. The lowest BCUT2D eigenvalue weighted by Crippen LogP contribution is -1.89. The molecule has 0 radical (unpaired) electrons. The lowest BCUT2D eigenvalue weighted by Gasteiger charge is -2.09. The SMILES string of the molecule is Cn1cc(C=CC(=O)O)c2c(Oc3ccc(Cl)c(F)c3)cccc21. The van der Waals surface area contributed by atoms with Crippen LogP contribution < -0.4 is 4.74 Å². The summed E-state index contributed by atoms with van der Waals surface area (Å²) in [7, 11) is 1.85. The number of rotatable bonds is 4. The van der Waals surface area contributed by atoms with Crippen molar-refractivity contribution < 1.29 is 19.0 Å². The average Bonchev–Trinajstić information content (AvgIpc) is 2.86. The first kappa shape index (κ1) is 16.1. The summed E-state index contributed by atoms with van der Waals surface area (Å²) in [6, 6.07) is 9.64. The van der Waals surface area contributed by atoms with Crippen LogP contribution in [0.4, 0.5) is 4.39 Å². The Bertz CT molecular complexity index is 962. The van der Waals surface area contributed by atoms with Crippen LogP contribution in [0.25, 0.3) is 17.0 Å². The van der Waals surface area contributed by atoms with E-state index in [0.717, 1.165) is 17.0 Å². The minimum absolute atomic E-state index is 0.0188. The van der Waals surface area contributed by atoms with Gasteiger partial charge in [0.15, 0.2) is 0 Å². The van der Waals surface area contributed by atoms with Gasteiger partial charge in [0.05, 0.1) is 10.5 Å². The van der Waals surface area contributed by atoms with Crippen molar-refractivity contribution in [3.8, 4) is 11.5 Å². The molecule has 0 spiro atoms. The fourth-order valence-corrected chi connectivity index (χ4v) is 2.60. The second-order valence-corrected chi connectivity index (χ2v) is 5.60. The first-order valence-corrected chi connectivity index (χ1v) is 7.45. The molecular formula is C18H13ClFNO3. The molecule has 3 aromatic rings. The molecule has 0 amide bonds. The van der Waals surface area contributed by atoms with Gasteiger partial charge in [0.25, 0.3) is 0 Å². The minimum atomic E-state index is -1.04. The van der Waals surface area contributed by atoms with Gasteiger partial charge in [0, 0.05) is 36.3 Å². The van der Waals surface area contributed by atoms with Gasteiger partial charge < -0.3 is 14.4 Å². The Morgan fingerprint density at radius 1 is 1.33 bits per heavy atom. The molecule has 0 fully saturated rings. The number of ether oxygens (including phenoxy) is 1. The smallest absolute Gasteiger partial charge is 0.328 e. The number of carboxylic acid groups (broad SMARTS) is 1. The predicted octanol–water partition coefficient (Wildman–Crippen LogP) is 4.86. The van der Waals surface area contributed by atoms with E-state index in [1.807, 2.05) is 23.7 Å². The summed E-state index contributed by atoms with van der Waals surface area (Å²) in [5.74, 6) is -0.799. The van der Waals surface area contributed by atoms with Gasteiger partial charge in [0.2, 0.25) is 0 Å². The van der Waals surface area contributed by atoms with Gasteiger partial charge in [-0.25, -0.2) is 9.18 Å². The van der Waals surface area contributed by atoms with Gasteiger partial charge in [-0.3, -0.25) is 0 Å². The summed E-state index contributed by atoms with van der Waals surface area (Å²) in [5, 5.41) is 9.60. The number of fused-ring (bicyclic) bond motifs is 1. The van der Waals surface area contributed by atoms with E-state index in [0.29, 0.717) is 17.1 Å². The quantitative estimate of drug-likeness (QED) is 0.687. The maximum Gasteiger partial charge on any atom is 0.328 e. The van der Waals surface area contributed by atoms with E-state index in [4.69, 9.17) is 21.4 Å². The van der Waals surface area contributed by atoms with Gasteiger partial charge >= 0.3 is 5.97 Å². The zero-order valence-electron chi connectivity index (χ0n) is 12.7. The Morgan fingerprint density at radius 3 is 2.83 bits per heavy atom. The number of nitrogens with zero attached hydrogens (tertiary/aromatic N) is 1. The van der Waals surface area contributed by atoms with E-state index >= 15 is 0 Å². The topological polar surface area (TPSA) is 51.5 Å². The third-order valence-corrected chi connectivity index (χ3v) is 3.84. The van der Waals surface area contributed by atoms with E-state index in [1.54, 1.807) is 18.3 Å². The summed E-state index contributed by atoms with van der Waals surface area (Å²) < 4.78 is 21.3. The highest BCUT2D eigenvalue weighted by atomic mass is 35.5. The maximum atomic E-state index is 13.6. The summed E-state index contributed by atoms with van der Waals surface area (Å²) in [6.07, 6.45) is 4.37. The van der Waals surface area contributed by atoms with Crippen molar-refractivity contribution in [2.24, 2.45) is 7.05 Å². The van der Waals surface area contributed by atoms with E-state index in [9.17, 15) is 9.18 Å². The Balaban J connectivity index is 2.10. The highest BCUT2D eigenvalue weighted by molar-refractivity contribution is 6.30. The van der Waals surface area contributed by atoms with E-state index < -0.39 is 11.8 Å². The minimum Gasteiger partial charge on any atom is -0.478 e. The third-order valence-electron chi connectivity index (χ3n) is 3.53. The van der Waals surface area contributed by atoms with E-state index in [1.165, 1.54) is 18.2 Å². The van der Waals surface area contributed by atoms with Gasteiger partial charge in [-0.2, -0.15) is 0 Å². The molecule has 0 saturated heterocycles. The lowest BCUT2D eigenvalue weighted by molar-refractivity contribution is -0.131. The lowest BCUT2D eigenvalue weighted by atomic mass is 10.1. The molecule has 6 heteroatoms. The van der Waals surface area contributed by atoms with Crippen LogP contribution in [-0.2, 0) is 11.8 Å². The molecule has 1 N–H and O–H groups in total. The molecule has 0 aliphatic carbocycles. The molecule has 0 aliphatic heterocycles. The predicted molar refractivity (Wildman–Crippen MR) is 91.1 cm³/mol. The normalized spacial score (nSPS) is 11.3. The molecule has 24 heavy (non-hydrogen) atoms. The number of halogens is 2. The molecule has 0 aliphatic rings. The zero-order valence-corrected chi connectivity index (χ0v) is 13.4. The average molecular weight is 346 g/mol. The molecule has 0 saturated carbocycles. The highest BCUT2D eigenvalue weighted by Gasteiger charge is 2.12. The van der Waals surface area contributed by atoms with Crippen LogP contribution in [0.1, 0.15) is 5.56 Å². The number of carboxylic acids is 1. The molecule has 1 aromatic heterocycles. The van der Waals surface area contributed by atoms with Crippen LogP contribution in [-0.4, -0.2) is 15.6 Å². The number of aryl methyl sites for hydroxylation is 1. The number of hydrogen-bond donors (Lipinski definition) is 1. The zero-order chi connectivity index (χ0) is 17.3. The van der Waals surface area contributed by atoms with Crippen molar-refractivity contribution in [2.45, 2.75) is 0 Å². The molecule has 2 aromatic carbocycles. The number of aliphatic carboxylic acids is 1. The van der Waals surface area contributed by atoms with Gasteiger partial charge in [-0.05, 0) is 30.3 Å². The highest BCUT2D eigenvalue weighted by Crippen LogP contribution is 2.34. The largest absolute Gasteiger partial charge is 0.478 e. The number of carbonyl (C=O) groups is 1. The Labute approximate surface area is 142 Å². The van der Waals surface area contributed by atoms with Crippen molar-refractivity contribution in [1.82, 2.24) is 4.57 Å². The van der Waals surface area contributed by atoms with Crippen LogP contribution >= 0.6 is 11.6 Å².